The maximum atomic E-state index is 13.0. The van der Waals surface area contributed by atoms with Crippen molar-refractivity contribution in [2.75, 3.05) is 6.61 Å². The van der Waals surface area contributed by atoms with E-state index >= 15 is 0 Å². The number of hydrogen-bond acceptors (Lipinski definition) is 6. The minimum Gasteiger partial charge on any atom is -0.462 e. The quantitative estimate of drug-likeness (QED) is 0.368. The summed E-state index contributed by atoms with van der Waals surface area (Å²) in [6, 6.07) is 6.57. The smallest absolute Gasteiger partial charge is 0.462 e. The van der Waals surface area contributed by atoms with Gasteiger partial charge in [-0.15, -0.1) is 0 Å². The van der Waals surface area contributed by atoms with Crippen LogP contribution in [-0.2, 0) is 21.9 Å². The molecule has 3 aromatic rings. The van der Waals surface area contributed by atoms with Gasteiger partial charge in [-0.25, -0.2) is 9.78 Å². The molecule has 0 aliphatic rings. The highest BCUT2D eigenvalue weighted by molar-refractivity contribution is 7.88. The van der Waals surface area contributed by atoms with Gasteiger partial charge in [0.15, 0.2) is 5.75 Å². The van der Waals surface area contributed by atoms with Gasteiger partial charge in [0.1, 0.15) is 11.2 Å². The van der Waals surface area contributed by atoms with Crippen LogP contribution in [0.25, 0.3) is 21.9 Å². The second kappa shape index (κ2) is 6.66. The van der Waals surface area contributed by atoms with Gasteiger partial charge in [0.05, 0.1) is 23.2 Å². The van der Waals surface area contributed by atoms with E-state index in [4.69, 9.17) is 4.74 Å². The highest BCUT2D eigenvalue weighted by atomic mass is 32.2. The highest BCUT2D eigenvalue weighted by Crippen LogP contribution is 2.40. The maximum absolute atomic E-state index is 13.0. The number of benzene rings is 1. The van der Waals surface area contributed by atoms with E-state index in [-0.39, 0.29) is 23.3 Å². The van der Waals surface area contributed by atoms with Crippen molar-refractivity contribution in [3.05, 3.63) is 35.5 Å². The average Bonchev–Trinajstić information content (AvgIpc) is 2.87. The topological polar surface area (TPSA) is 87.5 Å². The minimum atomic E-state index is -6.03. The van der Waals surface area contributed by atoms with Crippen molar-refractivity contribution in [3.8, 4) is 5.75 Å². The van der Waals surface area contributed by atoms with Gasteiger partial charge in [0.2, 0.25) is 0 Å². The molecule has 2 heterocycles. The number of aryl methyl sites for hydroxylation is 2. The Morgan fingerprint density at radius 2 is 1.89 bits per heavy atom. The van der Waals surface area contributed by atoms with Crippen molar-refractivity contribution >= 4 is 38.0 Å². The fourth-order valence-corrected chi connectivity index (χ4v) is 3.40. The Hall–Kier alpha value is -2.82. The molecule has 150 valence electrons. The Bertz CT molecular complexity index is 1200. The van der Waals surface area contributed by atoms with Gasteiger partial charge in [0, 0.05) is 12.4 Å². The number of halogens is 3. The summed E-state index contributed by atoms with van der Waals surface area (Å²) in [6.07, 6.45) is 0. The molecule has 0 atom stereocenters. The first-order chi connectivity index (χ1) is 13.0. The lowest BCUT2D eigenvalue weighted by Gasteiger charge is -2.15. The van der Waals surface area contributed by atoms with Crippen molar-refractivity contribution in [2.45, 2.75) is 19.4 Å². The van der Waals surface area contributed by atoms with Crippen LogP contribution in [0.4, 0.5) is 13.2 Å². The van der Waals surface area contributed by atoms with Crippen LogP contribution in [-0.4, -0.2) is 36.1 Å². The lowest BCUT2D eigenvalue weighted by atomic mass is 10.1. The molecule has 11 heteroatoms. The molecule has 0 radical (unpaired) electrons. The number of carbonyl (C=O) groups is 1. The first kappa shape index (κ1) is 19.9. The average molecular weight is 416 g/mol. The van der Waals surface area contributed by atoms with Crippen LogP contribution in [0.15, 0.2) is 24.3 Å². The third-order valence-electron chi connectivity index (χ3n) is 4.12. The standard InChI is InChI=1S/C17H15F3N2O5S/c1-4-26-16(23)12-9(2)21-15-13(10-7-5-6-8-11(10)22(15)3)14(12)27-28(24,25)17(18,19)20/h5-8H,4H2,1-3H3. The Balaban J connectivity index is 2.47. The fourth-order valence-electron chi connectivity index (χ4n) is 2.92. The predicted octanol–water partition coefficient (Wildman–Crippen LogP) is 3.44. The number of nitrogens with zero attached hydrogens (tertiary/aromatic N) is 2. The Labute approximate surface area is 157 Å². The van der Waals surface area contributed by atoms with E-state index < -0.39 is 32.9 Å². The lowest BCUT2D eigenvalue weighted by molar-refractivity contribution is -0.0500. The molecule has 0 fully saturated rings. The van der Waals surface area contributed by atoms with Crippen LogP contribution in [0.3, 0.4) is 0 Å². The molecule has 0 aliphatic heterocycles. The number of fused-ring (bicyclic) bond motifs is 3. The number of rotatable bonds is 4. The molecule has 0 spiro atoms. The van der Waals surface area contributed by atoms with E-state index in [1.807, 2.05) is 0 Å². The number of carbonyl (C=O) groups excluding carboxylic acids is 1. The Morgan fingerprint density at radius 3 is 2.50 bits per heavy atom. The Morgan fingerprint density at radius 1 is 1.25 bits per heavy atom. The van der Waals surface area contributed by atoms with E-state index in [0.29, 0.717) is 10.9 Å². The van der Waals surface area contributed by atoms with Gasteiger partial charge >= 0.3 is 21.6 Å². The summed E-state index contributed by atoms with van der Waals surface area (Å²) >= 11 is 0. The van der Waals surface area contributed by atoms with Crippen LogP contribution in [0.1, 0.15) is 23.0 Å². The molecule has 28 heavy (non-hydrogen) atoms. The number of esters is 1. The van der Waals surface area contributed by atoms with Crippen LogP contribution in [0.5, 0.6) is 5.75 Å². The number of alkyl halides is 3. The number of aromatic nitrogens is 2. The van der Waals surface area contributed by atoms with E-state index in [1.54, 1.807) is 35.9 Å². The summed E-state index contributed by atoms with van der Waals surface area (Å²) in [6.45, 7) is 2.79. The molecular weight excluding hydrogens is 401 g/mol. The van der Waals surface area contributed by atoms with Gasteiger partial charge in [-0.1, -0.05) is 18.2 Å². The Kier molecular flexibility index (Phi) is 4.74. The first-order valence-corrected chi connectivity index (χ1v) is 9.46. The van der Waals surface area contributed by atoms with E-state index in [1.165, 1.54) is 13.8 Å². The third-order valence-corrected chi connectivity index (χ3v) is 5.07. The van der Waals surface area contributed by atoms with Crippen LogP contribution < -0.4 is 4.18 Å². The number of hydrogen-bond donors (Lipinski definition) is 0. The molecule has 0 saturated heterocycles. The van der Waals surface area contributed by atoms with Crippen LogP contribution in [0, 0.1) is 6.92 Å². The van der Waals surface area contributed by atoms with E-state index in [9.17, 15) is 26.4 Å². The zero-order valence-electron chi connectivity index (χ0n) is 15.0. The zero-order chi connectivity index (χ0) is 20.9. The van der Waals surface area contributed by atoms with Gasteiger partial charge in [-0.3, -0.25) is 0 Å². The van der Waals surface area contributed by atoms with Crippen molar-refractivity contribution < 1.29 is 35.3 Å². The normalized spacial score (nSPS) is 12.5. The van der Waals surface area contributed by atoms with Gasteiger partial charge < -0.3 is 13.5 Å². The number of pyridine rings is 1. The maximum Gasteiger partial charge on any atom is 0.534 e. The second-order valence-corrected chi connectivity index (χ2v) is 7.42. The van der Waals surface area contributed by atoms with Crippen molar-refractivity contribution in [1.29, 1.82) is 0 Å². The summed E-state index contributed by atoms with van der Waals surface area (Å²) in [5, 5.41) is 0.352. The van der Waals surface area contributed by atoms with Crippen LogP contribution in [0.2, 0.25) is 0 Å². The van der Waals surface area contributed by atoms with E-state index in [2.05, 4.69) is 9.17 Å². The summed E-state index contributed by atoms with van der Waals surface area (Å²) in [7, 11) is -4.42. The second-order valence-electron chi connectivity index (χ2n) is 5.88. The lowest BCUT2D eigenvalue weighted by Crippen LogP contribution is -2.29. The molecule has 2 aromatic heterocycles. The molecular formula is C17H15F3N2O5S. The molecule has 0 amide bonds. The third kappa shape index (κ3) is 3.05. The van der Waals surface area contributed by atoms with Gasteiger partial charge in [-0.05, 0) is 19.9 Å². The molecule has 7 nitrogen and oxygen atoms in total. The first-order valence-electron chi connectivity index (χ1n) is 8.05. The minimum absolute atomic E-state index is 0.0239. The predicted molar refractivity (Wildman–Crippen MR) is 94.5 cm³/mol. The molecule has 3 rings (SSSR count). The van der Waals surface area contributed by atoms with Gasteiger partial charge in [0.25, 0.3) is 0 Å². The molecule has 0 N–H and O–H groups in total. The summed E-state index contributed by atoms with van der Waals surface area (Å²) in [5.41, 5.74) is -5.44. The number of ether oxygens (including phenoxy) is 1. The zero-order valence-corrected chi connectivity index (χ0v) is 15.8. The largest absolute Gasteiger partial charge is 0.534 e. The summed E-state index contributed by atoms with van der Waals surface area (Å²) in [4.78, 5) is 16.7. The molecule has 0 saturated carbocycles. The van der Waals surface area contributed by atoms with E-state index in [0.717, 1.165) is 0 Å². The molecule has 0 unspecified atom stereocenters. The van der Waals surface area contributed by atoms with Crippen molar-refractivity contribution in [2.24, 2.45) is 7.05 Å². The molecule has 1 aromatic carbocycles. The fraction of sp³-hybridized carbons (Fsp3) is 0.294. The summed E-state index contributed by atoms with van der Waals surface area (Å²) < 4.78 is 73.3. The number of para-hydroxylation sites is 1. The SMILES string of the molecule is CCOC(=O)c1c(C)nc2c(c1OS(=O)(=O)C(F)(F)F)c1ccccc1n2C. The highest BCUT2D eigenvalue weighted by Gasteiger charge is 2.49. The molecule has 0 bridgehead atoms. The van der Waals surface area contributed by atoms with Crippen molar-refractivity contribution in [1.82, 2.24) is 9.55 Å². The monoisotopic (exact) mass is 416 g/mol. The van der Waals surface area contributed by atoms with Crippen molar-refractivity contribution in [3.63, 3.8) is 0 Å². The van der Waals surface area contributed by atoms with Gasteiger partial charge in [-0.2, -0.15) is 21.6 Å². The van der Waals surface area contributed by atoms with Crippen LogP contribution >= 0.6 is 0 Å². The molecule has 0 aliphatic carbocycles. The summed E-state index contributed by atoms with van der Waals surface area (Å²) in [5.74, 6) is -1.79.